The van der Waals surface area contributed by atoms with E-state index in [1.807, 2.05) is 17.9 Å². The summed E-state index contributed by atoms with van der Waals surface area (Å²) in [5.74, 6) is 1.05. The Morgan fingerprint density at radius 2 is 2.12 bits per heavy atom. The molecule has 6 nitrogen and oxygen atoms in total. The normalized spacial score (nSPS) is 20.5. The fourth-order valence-corrected chi connectivity index (χ4v) is 3.74. The predicted octanol–water partition coefficient (Wildman–Crippen LogP) is 3.00. The van der Waals surface area contributed by atoms with Crippen molar-refractivity contribution in [2.45, 2.75) is 45.8 Å². The first-order valence-corrected chi connectivity index (χ1v) is 9.30. The maximum absolute atomic E-state index is 12.9. The summed E-state index contributed by atoms with van der Waals surface area (Å²) in [6.07, 6.45) is 3.89. The van der Waals surface area contributed by atoms with E-state index in [-0.39, 0.29) is 11.9 Å². The minimum Gasteiger partial charge on any atom is -0.491 e. The molecule has 0 unspecified atom stereocenters. The van der Waals surface area contributed by atoms with E-state index in [4.69, 9.17) is 9.15 Å². The van der Waals surface area contributed by atoms with Crippen molar-refractivity contribution in [1.82, 2.24) is 14.8 Å². The zero-order chi connectivity index (χ0) is 18.1. The van der Waals surface area contributed by atoms with Crippen LogP contribution in [0.1, 0.15) is 47.1 Å². The van der Waals surface area contributed by atoms with Gasteiger partial charge in [0, 0.05) is 12.1 Å². The van der Waals surface area contributed by atoms with Gasteiger partial charge in [-0.15, -0.1) is 0 Å². The number of oxazole rings is 1. The van der Waals surface area contributed by atoms with Crippen molar-refractivity contribution in [1.29, 1.82) is 0 Å². The van der Waals surface area contributed by atoms with Crippen LogP contribution in [0.15, 0.2) is 29.0 Å². The molecule has 138 valence electrons. The Hall–Kier alpha value is -2.34. The fourth-order valence-electron chi connectivity index (χ4n) is 3.74. The number of hydrogen-bond donors (Lipinski definition) is 0. The third-order valence-corrected chi connectivity index (χ3v) is 5.28. The lowest BCUT2D eigenvalue weighted by molar-refractivity contribution is 0.0612. The first-order chi connectivity index (χ1) is 12.6. The highest BCUT2D eigenvalue weighted by atomic mass is 16.5. The Morgan fingerprint density at radius 1 is 1.31 bits per heavy atom. The molecule has 3 heterocycles. The van der Waals surface area contributed by atoms with Crippen LogP contribution >= 0.6 is 0 Å². The number of nitrogens with zero attached hydrogens (tertiary/aromatic N) is 3. The summed E-state index contributed by atoms with van der Waals surface area (Å²) < 4.78 is 11.3. The summed E-state index contributed by atoms with van der Waals surface area (Å²) in [6, 6.07) is 6.32. The second kappa shape index (κ2) is 7.11. The molecule has 2 aliphatic heterocycles. The Bertz CT molecular complexity index is 795. The third-order valence-electron chi connectivity index (χ3n) is 5.28. The zero-order valence-corrected chi connectivity index (χ0v) is 15.4. The molecule has 1 saturated heterocycles. The average molecular weight is 355 g/mol. The van der Waals surface area contributed by atoms with Crippen LogP contribution in [0.5, 0.6) is 5.75 Å². The summed E-state index contributed by atoms with van der Waals surface area (Å²) in [7, 11) is 0. The Balaban J connectivity index is 1.58. The van der Waals surface area contributed by atoms with Gasteiger partial charge in [-0.3, -0.25) is 9.69 Å². The molecule has 0 radical (unpaired) electrons. The van der Waals surface area contributed by atoms with Gasteiger partial charge in [-0.05, 0) is 57.5 Å². The van der Waals surface area contributed by atoms with Crippen LogP contribution in [-0.4, -0.2) is 46.4 Å². The highest BCUT2D eigenvalue weighted by molar-refractivity contribution is 5.92. The SMILES string of the molecule is Cc1ncoc1C(=O)N1Cc2cc(CN3CCCC3)ccc2OC[C@@H]1C. The lowest BCUT2D eigenvalue weighted by atomic mass is 10.1. The molecule has 0 spiro atoms. The van der Waals surface area contributed by atoms with E-state index in [1.54, 1.807) is 6.92 Å². The van der Waals surface area contributed by atoms with Gasteiger partial charge in [0.25, 0.3) is 5.91 Å². The molecule has 26 heavy (non-hydrogen) atoms. The molecule has 1 aromatic heterocycles. The van der Waals surface area contributed by atoms with E-state index in [9.17, 15) is 4.79 Å². The van der Waals surface area contributed by atoms with Crippen molar-refractivity contribution in [3.63, 3.8) is 0 Å². The van der Waals surface area contributed by atoms with Gasteiger partial charge in [0.15, 0.2) is 6.39 Å². The van der Waals surface area contributed by atoms with Crippen LogP contribution in [-0.2, 0) is 13.1 Å². The Labute approximate surface area is 153 Å². The number of carbonyl (C=O) groups is 1. The maximum atomic E-state index is 12.9. The number of amides is 1. The van der Waals surface area contributed by atoms with E-state index in [2.05, 4.69) is 22.0 Å². The minimum atomic E-state index is -0.131. The van der Waals surface area contributed by atoms with Crippen LogP contribution < -0.4 is 4.74 Å². The smallest absolute Gasteiger partial charge is 0.292 e. The number of carbonyl (C=O) groups excluding carboxylic acids is 1. The van der Waals surface area contributed by atoms with Gasteiger partial charge >= 0.3 is 0 Å². The molecule has 0 bridgehead atoms. The molecule has 2 aromatic rings. The molecule has 1 aromatic carbocycles. The van der Waals surface area contributed by atoms with Crippen LogP contribution in [0.4, 0.5) is 0 Å². The summed E-state index contributed by atoms with van der Waals surface area (Å²) >= 11 is 0. The lowest BCUT2D eigenvalue weighted by Gasteiger charge is -2.25. The quantitative estimate of drug-likeness (QED) is 0.847. The second-order valence-electron chi connectivity index (χ2n) is 7.29. The van der Waals surface area contributed by atoms with E-state index in [1.165, 1.54) is 37.9 Å². The number of aromatic nitrogens is 1. The van der Waals surface area contributed by atoms with Crippen molar-refractivity contribution in [2.75, 3.05) is 19.7 Å². The number of ether oxygens (including phenoxy) is 1. The lowest BCUT2D eigenvalue weighted by Crippen LogP contribution is -2.40. The first-order valence-electron chi connectivity index (χ1n) is 9.30. The van der Waals surface area contributed by atoms with E-state index in [0.717, 1.165) is 17.9 Å². The summed E-state index contributed by atoms with van der Waals surface area (Å²) in [5, 5.41) is 0. The van der Waals surface area contributed by atoms with E-state index >= 15 is 0 Å². The molecule has 0 aliphatic carbocycles. The Morgan fingerprint density at radius 3 is 2.85 bits per heavy atom. The van der Waals surface area contributed by atoms with Gasteiger partial charge in [-0.1, -0.05) is 6.07 Å². The molecule has 0 N–H and O–H groups in total. The zero-order valence-electron chi connectivity index (χ0n) is 15.4. The number of hydrogen-bond acceptors (Lipinski definition) is 5. The van der Waals surface area contributed by atoms with Crippen molar-refractivity contribution < 1.29 is 13.9 Å². The molecule has 1 amide bonds. The van der Waals surface area contributed by atoms with Gasteiger partial charge in [0.2, 0.25) is 5.76 Å². The fraction of sp³-hybridized carbons (Fsp3) is 0.500. The first kappa shape index (κ1) is 17.1. The monoisotopic (exact) mass is 355 g/mol. The van der Waals surface area contributed by atoms with E-state index in [0.29, 0.717) is 24.6 Å². The Kier molecular flexibility index (Phi) is 4.68. The topological polar surface area (TPSA) is 58.8 Å². The number of likely N-dealkylation sites (tertiary alicyclic amines) is 1. The molecule has 1 atom stereocenters. The molecular formula is C20H25N3O3. The number of aryl methyl sites for hydroxylation is 1. The van der Waals surface area contributed by atoms with Crippen LogP contribution in [0.2, 0.25) is 0 Å². The van der Waals surface area contributed by atoms with Crippen molar-refractivity contribution in [3.05, 3.63) is 47.2 Å². The number of rotatable bonds is 3. The summed E-state index contributed by atoms with van der Waals surface area (Å²) in [6.45, 7) is 8.07. The predicted molar refractivity (Wildman–Crippen MR) is 97.0 cm³/mol. The molecule has 4 rings (SSSR count). The van der Waals surface area contributed by atoms with Crippen LogP contribution in [0.3, 0.4) is 0 Å². The maximum Gasteiger partial charge on any atom is 0.292 e. The summed E-state index contributed by atoms with van der Waals surface area (Å²) in [5.41, 5.74) is 2.94. The van der Waals surface area contributed by atoms with Gasteiger partial charge in [0.1, 0.15) is 12.4 Å². The van der Waals surface area contributed by atoms with Crippen molar-refractivity contribution in [3.8, 4) is 5.75 Å². The summed E-state index contributed by atoms with van der Waals surface area (Å²) in [4.78, 5) is 21.3. The standard InChI is InChI=1S/C20H25N3O3/c1-14-12-25-18-6-5-16(10-22-7-3-4-8-22)9-17(18)11-23(14)20(24)19-15(2)21-13-26-19/h5-6,9,13-14H,3-4,7-8,10-12H2,1-2H3/t14-/m0/s1. The molecule has 1 fully saturated rings. The van der Waals surface area contributed by atoms with Crippen LogP contribution in [0.25, 0.3) is 0 Å². The second-order valence-corrected chi connectivity index (χ2v) is 7.29. The molecule has 0 saturated carbocycles. The molecule has 6 heteroatoms. The van der Waals surface area contributed by atoms with Gasteiger partial charge in [-0.2, -0.15) is 0 Å². The molecular weight excluding hydrogens is 330 g/mol. The van der Waals surface area contributed by atoms with Gasteiger partial charge in [0.05, 0.1) is 18.3 Å². The molecule has 2 aliphatic rings. The number of fused-ring (bicyclic) bond motifs is 1. The number of benzene rings is 1. The van der Waals surface area contributed by atoms with Gasteiger partial charge in [-0.25, -0.2) is 4.98 Å². The average Bonchev–Trinajstić information content (AvgIpc) is 3.26. The van der Waals surface area contributed by atoms with Crippen molar-refractivity contribution >= 4 is 5.91 Å². The largest absolute Gasteiger partial charge is 0.491 e. The van der Waals surface area contributed by atoms with Crippen LogP contribution in [0, 0.1) is 6.92 Å². The highest BCUT2D eigenvalue weighted by Crippen LogP contribution is 2.28. The third kappa shape index (κ3) is 3.33. The minimum absolute atomic E-state index is 0.0403. The van der Waals surface area contributed by atoms with Crippen molar-refractivity contribution in [2.24, 2.45) is 0 Å². The highest BCUT2D eigenvalue weighted by Gasteiger charge is 2.29. The van der Waals surface area contributed by atoms with E-state index < -0.39 is 0 Å². The van der Waals surface area contributed by atoms with Gasteiger partial charge < -0.3 is 14.1 Å².